The van der Waals surface area contributed by atoms with Gasteiger partial charge in [0, 0.05) is 0 Å². The second-order valence-corrected chi connectivity index (χ2v) is 2.00. The summed E-state index contributed by atoms with van der Waals surface area (Å²) in [4.78, 5) is 33.5. The maximum absolute atomic E-state index is 9.24. The van der Waals surface area contributed by atoms with E-state index in [2.05, 4.69) is 5.73 Å². The average molecular weight is 211 g/mol. The first-order valence-corrected chi connectivity index (χ1v) is 3.43. The van der Waals surface area contributed by atoms with Crippen LogP contribution in [0.1, 0.15) is 0 Å². The van der Waals surface area contributed by atoms with Crippen LogP contribution in [0.2, 0.25) is 0 Å². The standard InChI is InChI=1S/C2H5NO2.Ca.H3O4P/c3-1-2(4)5;;1-5(2,3)4/h1,3H2,(H,4,5);;(H3,1,2,3,4)/q;+2;/p-2. The zero-order valence-corrected chi connectivity index (χ0v) is 8.57. The van der Waals surface area contributed by atoms with Crippen LogP contribution in [0, 0.1) is 0 Å². The van der Waals surface area contributed by atoms with E-state index < -0.39 is 13.8 Å². The van der Waals surface area contributed by atoms with Crippen molar-refractivity contribution in [2.75, 3.05) is 6.54 Å². The molecule has 0 radical (unpaired) electrons. The van der Waals surface area contributed by atoms with E-state index in [4.69, 9.17) is 24.4 Å². The molecule has 0 bridgehead atoms. The molecule has 0 aromatic rings. The van der Waals surface area contributed by atoms with E-state index in [9.17, 15) is 4.79 Å². The number of hydrogen-bond acceptors (Lipinski definition) is 5. The van der Waals surface area contributed by atoms with Crippen molar-refractivity contribution in [2.24, 2.45) is 5.73 Å². The zero-order chi connectivity index (χ0) is 8.78. The van der Waals surface area contributed by atoms with E-state index in [0.717, 1.165) is 0 Å². The van der Waals surface area contributed by atoms with Crippen LogP contribution in [-0.4, -0.2) is 60.3 Å². The Labute approximate surface area is 92.5 Å². The molecule has 0 unspecified atom stereocenters. The number of carboxylic acids is 1. The first-order valence-electron chi connectivity index (χ1n) is 1.94. The molecule has 62 valence electrons. The number of carboxylic acid groups (broad SMARTS) is 1. The molecule has 4 N–H and O–H groups in total. The van der Waals surface area contributed by atoms with Gasteiger partial charge < -0.3 is 30.1 Å². The minimum absolute atomic E-state index is 0. The Hall–Kier alpha value is 0.800. The van der Waals surface area contributed by atoms with Crippen LogP contribution in [0.25, 0.3) is 0 Å². The molecule has 0 saturated carbocycles. The summed E-state index contributed by atoms with van der Waals surface area (Å²) >= 11 is 0. The van der Waals surface area contributed by atoms with E-state index in [1.54, 1.807) is 0 Å². The Morgan fingerprint density at radius 1 is 1.55 bits per heavy atom. The predicted molar refractivity (Wildman–Crippen MR) is 32.3 cm³/mol. The van der Waals surface area contributed by atoms with Crippen molar-refractivity contribution >= 4 is 51.5 Å². The first kappa shape index (κ1) is 17.8. The molecule has 9 heteroatoms. The minimum atomic E-state index is -5.14. The molecule has 0 rings (SSSR count). The first-order chi connectivity index (χ1) is 4.27. The number of nitrogens with two attached hydrogens (primary N) is 1. The van der Waals surface area contributed by atoms with E-state index in [1.165, 1.54) is 0 Å². The molecule has 0 aromatic carbocycles. The van der Waals surface area contributed by atoms with Gasteiger partial charge in [-0.1, -0.05) is 0 Å². The van der Waals surface area contributed by atoms with E-state index in [0.29, 0.717) is 0 Å². The van der Waals surface area contributed by atoms with Crippen molar-refractivity contribution in [1.29, 1.82) is 0 Å². The van der Waals surface area contributed by atoms with Crippen LogP contribution in [0.4, 0.5) is 0 Å². The van der Waals surface area contributed by atoms with Crippen molar-refractivity contribution in [3.63, 3.8) is 0 Å². The Bertz CT molecular complexity index is 135. The summed E-state index contributed by atoms with van der Waals surface area (Å²) in [6, 6.07) is 0. The topological polar surface area (TPSA) is 147 Å². The molecule has 0 spiro atoms. The van der Waals surface area contributed by atoms with Gasteiger partial charge in [-0.15, -0.1) is 0 Å². The molecule has 0 atom stereocenters. The minimum Gasteiger partial charge on any atom is -0.790 e. The van der Waals surface area contributed by atoms with Gasteiger partial charge in [0.05, 0.1) is 14.4 Å². The second-order valence-electron chi connectivity index (χ2n) is 1.07. The van der Waals surface area contributed by atoms with Crippen molar-refractivity contribution in [2.45, 2.75) is 0 Å². The monoisotopic (exact) mass is 211 g/mol. The quantitative estimate of drug-likeness (QED) is 0.300. The number of phosphoric acid groups is 1. The molecule has 0 aliphatic carbocycles. The van der Waals surface area contributed by atoms with Gasteiger partial charge in [0.2, 0.25) is 0 Å². The van der Waals surface area contributed by atoms with Gasteiger partial charge in [-0.25, -0.2) is 0 Å². The normalized spacial score (nSPS) is 8.73. The molecular formula is C2H6CaNO6P. The molecule has 0 aliphatic heterocycles. The smallest absolute Gasteiger partial charge is 0.790 e. The number of carbonyl (C=O) groups is 1. The molecule has 0 aromatic heterocycles. The fraction of sp³-hybridized carbons (Fsp3) is 0.500. The third-order valence-electron chi connectivity index (χ3n) is 0.175. The van der Waals surface area contributed by atoms with Gasteiger partial charge in [0.25, 0.3) is 0 Å². The Morgan fingerprint density at radius 2 is 1.64 bits per heavy atom. The van der Waals surface area contributed by atoms with Gasteiger partial charge in [0.15, 0.2) is 0 Å². The Kier molecular flexibility index (Phi) is 14.4. The van der Waals surface area contributed by atoms with Gasteiger partial charge in [0.1, 0.15) is 0 Å². The fourth-order valence-electron chi connectivity index (χ4n) is 0. The molecule has 0 fully saturated rings. The summed E-state index contributed by atoms with van der Waals surface area (Å²) in [5.41, 5.74) is 4.57. The summed E-state index contributed by atoms with van der Waals surface area (Å²) in [7, 11) is -5.14. The van der Waals surface area contributed by atoms with Gasteiger partial charge >= 0.3 is 43.7 Å². The Balaban J connectivity index is -0.000000107. The summed E-state index contributed by atoms with van der Waals surface area (Å²) in [6.45, 7) is -0.278. The van der Waals surface area contributed by atoms with Crippen LogP contribution in [0.3, 0.4) is 0 Å². The summed E-state index contributed by atoms with van der Waals surface area (Å²) in [6.07, 6.45) is 0. The molecule has 0 amide bonds. The van der Waals surface area contributed by atoms with Crippen LogP contribution < -0.4 is 15.5 Å². The molecule has 0 saturated heterocycles. The molecule has 11 heavy (non-hydrogen) atoms. The van der Waals surface area contributed by atoms with Gasteiger partial charge in [-0.3, -0.25) is 4.79 Å². The van der Waals surface area contributed by atoms with Crippen LogP contribution >= 0.6 is 7.82 Å². The fourth-order valence-corrected chi connectivity index (χ4v) is 0. The molecule has 0 heterocycles. The van der Waals surface area contributed by atoms with Crippen molar-refractivity contribution < 1.29 is 29.1 Å². The largest absolute Gasteiger partial charge is 2.00 e. The van der Waals surface area contributed by atoms with E-state index >= 15 is 0 Å². The second kappa shape index (κ2) is 8.89. The SMILES string of the molecule is NCC(=O)O.O=P([O-])([O-])O.[Ca+2]. The zero-order valence-electron chi connectivity index (χ0n) is 5.47. The van der Waals surface area contributed by atoms with E-state index in [1.807, 2.05) is 0 Å². The molecular weight excluding hydrogens is 205 g/mol. The number of rotatable bonds is 1. The van der Waals surface area contributed by atoms with Crippen LogP contribution in [-0.2, 0) is 9.36 Å². The third-order valence-corrected chi connectivity index (χ3v) is 0.175. The van der Waals surface area contributed by atoms with Crippen molar-refractivity contribution in [3.8, 4) is 0 Å². The maximum Gasteiger partial charge on any atom is 2.00 e. The third kappa shape index (κ3) is 107. The number of hydrogen-bond donors (Lipinski definition) is 3. The Morgan fingerprint density at radius 3 is 1.64 bits per heavy atom. The summed E-state index contributed by atoms with van der Waals surface area (Å²) in [5, 5.41) is 7.60. The van der Waals surface area contributed by atoms with Gasteiger partial charge in [-0.05, 0) is 0 Å². The van der Waals surface area contributed by atoms with Crippen LogP contribution in [0.5, 0.6) is 0 Å². The number of aliphatic carboxylic acids is 1. The predicted octanol–water partition coefficient (Wildman–Crippen LogP) is -3.54. The van der Waals surface area contributed by atoms with Gasteiger partial charge in [-0.2, -0.15) is 0 Å². The summed E-state index contributed by atoms with van der Waals surface area (Å²) in [5.74, 6) is -0.968. The molecule has 0 aliphatic rings. The van der Waals surface area contributed by atoms with E-state index in [-0.39, 0.29) is 44.3 Å². The maximum atomic E-state index is 9.24. The van der Waals surface area contributed by atoms with Crippen molar-refractivity contribution in [3.05, 3.63) is 0 Å². The van der Waals surface area contributed by atoms with Crippen LogP contribution in [0.15, 0.2) is 0 Å². The molecule has 7 nitrogen and oxygen atoms in total. The average Bonchev–Trinajstić information content (AvgIpc) is 1.61. The van der Waals surface area contributed by atoms with Crippen molar-refractivity contribution in [1.82, 2.24) is 0 Å². The summed E-state index contributed by atoms with van der Waals surface area (Å²) < 4.78 is 8.66.